The molecule has 0 unspecified atom stereocenters. The van der Waals surface area contributed by atoms with Crippen molar-refractivity contribution in [2.24, 2.45) is 0 Å². The maximum Gasteiger partial charge on any atom is 0.358 e. The van der Waals surface area contributed by atoms with Crippen molar-refractivity contribution in [3.63, 3.8) is 0 Å². The van der Waals surface area contributed by atoms with E-state index in [1.165, 1.54) is 11.3 Å². The van der Waals surface area contributed by atoms with Gasteiger partial charge in [0.1, 0.15) is 12.3 Å². The van der Waals surface area contributed by atoms with E-state index in [4.69, 9.17) is 9.26 Å². The lowest BCUT2D eigenvalue weighted by Crippen LogP contribution is -2.05. The fourth-order valence-corrected chi connectivity index (χ4v) is 2.84. The predicted octanol–water partition coefficient (Wildman–Crippen LogP) is 3.53. The normalized spacial score (nSPS) is 10.7. The van der Waals surface area contributed by atoms with Crippen LogP contribution in [0.3, 0.4) is 0 Å². The molecule has 0 aromatic carbocycles. The third-order valence-electron chi connectivity index (χ3n) is 2.50. The molecule has 3 rings (SSSR count). The third-order valence-corrected chi connectivity index (χ3v) is 4.16. The highest BCUT2D eigenvalue weighted by Crippen LogP contribution is 2.25. The molecule has 0 spiro atoms. The van der Waals surface area contributed by atoms with Gasteiger partial charge < -0.3 is 9.26 Å². The zero-order valence-electron chi connectivity index (χ0n) is 10.5. The van der Waals surface area contributed by atoms with Gasteiger partial charge in [0.05, 0.1) is 9.88 Å². The highest BCUT2D eigenvalue weighted by atomic mass is 32.1. The maximum atomic E-state index is 11.7. The zero-order chi connectivity index (χ0) is 13.9. The molecule has 0 fully saturated rings. The van der Waals surface area contributed by atoms with Crippen LogP contribution in [-0.2, 0) is 11.3 Å². The fraction of sp³-hybridized carbons (Fsp3) is 0.154. The SMILES string of the molecule is Cc1nc(C(=O)OCc2cc(-c3cccs3)on2)cs1. The van der Waals surface area contributed by atoms with Gasteiger partial charge in [-0.1, -0.05) is 11.2 Å². The molecule has 0 aliphatic heterocycles. The van der Waals surface area contributed by atoms with Gasteiger partial charge in [0.2, 0.25) is 0 Å². The average Bonchev–Trinajstić information content (AvgIpc) is 3.16. The summed E-state index contributed by atoms with van der Waals surface area (Å²) in [5.74, 6) is 0.227. The van der Waals surface area contributed by atoms with Crippen LogP contribution in [0.2, 0.25) is 0 Å². The summed E-state index contributed by atoms with van der Waals surface area (Å²) in [5, 5.41) is 8.35. The molecular formula is C13H10N2O3S2. The highest BCUT2D eigenvalue weighted by molar-refractivity contribution is 7.13. The molecule has 0 radical (unpaired) electrons. The average molecular weight is 306 g/mol. The Morgan fingerprint density at radius 2 is 2.35 bits per heavy atom. The molecule has 0 N–H and O–H groups in total. The van der Waals surface area contributed by atoms with Crippen LogP contribution in [0.5, 0.6) is 0 Å². The van der Waals surface area contributed by atoms with E-state index in [-0.39, 0.29) is 6.61 Å². The summed E-state index contributed by atoms with van der Waals surface area (Å²) < 4.78 is 10.4. The van der Waals surface area contributed by atoms with Crippen molar-refractivity contribution >= 4 is 28.6 Å². The standard InChI is InChI=1S/C13H10N2O3S2/c1-8-14-10(7-20-8)13(16)17-6-9-5-11(18-15-9)12-3-2-4-19-12/h2-5,7H,6H2,1H3. The van der Waals surface area contributed by atoms with E-state index in [9.17, 15) is 4.79 Å². The number of aryl methyl sites for hydroxylation is 1. The van der Waals surface area contributed by atoms with Crippen molar-refractivity contribution in [2.45, 2.75) is 13.5 Å². The number of esters is 1. The quantitative estimate of drug-likeness (QED) is 0.690. The largest absolute Gasteiger partial charge is 0.454 e. The lowest BCUT2D eigenvalue weighted by molar-refractivity contribution is 0.0458. The first kappa shape index (κ1) is 13.0. The molecule has 0 aliphatic carbocycles. The molecule has 5 nitrogen and oxygen atoms in total. The molecule has 3 aromatic heterocycles. The van der Waals surface area contributed by atoms with Gasteiger partial charge in [0.25, 0.3) is 0 Å². The van der Waals surface area contributed by atoms with E-state index in [0.717, 1.165) is 9.88 Å². The van der Waals surface area contributed by atoms with E-state index in [1.807, 2.05) is 24.4 Å². The van der Waals surface area contributed by atoms with Crippen LogP contribution in [0.15, 0.2) is 33.5 Å². The Bertz CT molecular complexity index is 716. The van der Waals surface area contributed by atoms with Crippen molar-refractivity contribution in [3.05, 3.63) is 45.4 Å². The first-order valence-electron chi connectivity index (χ1n) is 5.81. The number of carbonyl (C=O) groups excluding carboxylic acids is 1. The van der Waals surface area contributed by atoms with Gasteiger partial charge in [-0.05, 0) is 18.4 Å². The second-order valence-corrected chi connectivity index (χ2v) is 6.00. The predicted molar refractivity (Wildman–Crippen MR) is 75.8 cm³/mol. The lowest BCUT2D eigenvalue weighted by Gasteiger charge is -1.98. The lowest BCUT2D eigenvalue weighted by atomic mass is 10.3. The zero-order valence-corrected chi connectivity index (χ0v) is 12.2. The van der Waals surface area contributed by atoms with E-state index in [0.29, 0.717) is 17.1 Å². The topological polar surface area (TPSA) is 65.2 Å². The molecule has 0 amide bonds. The molecule has 0 aliphatic rings. The summed E-state index contributed by atoms with van der Waals surface area (Å²) in [7, 11) is 0. The molecule has 20 heavy (non-hydrogen) atoms. The minimum Gasteiger partial charge on any atom is -0.454 e. The Morgan fingerprint density at radius 1 is 1.45 bits per heavy atom. The summed E-state index contributed by atoms with van der Waals surface area (Å²) in [6.45, 7) is 1.91. The van der Waals surface area contributed by atoms with E-state index < -0.39 is 5.97 Å². The van der Waals surface area contributed by atoms with Gasteiger partial charge in [0.15, 0.2) is 11.5 Å². The minimum atomic E-state index is -0.449. The second-order valence-electron chi connectivity index (χ2n) is 3.99. The Morgan fingerprint density at radius 3 is 3.05 bits per heavy atom. The van der Waals surface area contributed by atoms with Crippen molar-refractivity contribution in [3.8, 4) is 10.6 Å². The van der Waals surface area contributed by atoms with Gasteiger partial charge in [-0.3, -0.25) is 0 Å². The van der Waals surface area contributed by atoms with Crippen LogP contribution in [-0.4, -0.2) is 16.1 Å². The molecule has 7 heteroatoms. The van der Waals surface area contributed by atoms with Crippen molar-refractivity contribution < 1.29 is 14.1 Å². The van der Waals surface area contributed by atoms with Gasteiger partial charge in [-0.15, -0.1) is 22.7 Å². The third kappa shape index (κ3) is 2.78. The van der Waals surface area contributed by atoms with E-state index in [1.54, 1.807) is 22.8 Å². The molecule has 0 bridgehead atoms. The molecular weight excluding hydrogens is 296 g/mol. The minimum absolute atomic E-state index is 0.0737. The van der Waals surface area contributed by atoms with Gasteiger partial charge in [0, 0.05) is 11.4 Å². The van der Waals surface area contributed by atoms with Gasteiger partial charge >= 0.3 is 5.97 Å². The number of hydrogen-bond donors (Lipinski definition) is 0. The van der Waals surface area contributed by atoms with Crippen LogP contribution in [0.1, 0.15) is 21.2 Å². The van der Waals surface area contributed by atoms with E-state index in [2.05, 4.69) is 10.1 Å². The van der Waals surface area contributed by atoms with Crippen molar-refractivity contribution in [2.75, 3.05) is 0 Å². The number of thiophene rings is 1. The maximum absolute atomic E-state index is 11.7. The first-order chi connectivity index (χ1) is 9.72. The first-order valence-corrected chi connectivity index (χ1v) is 7.57. The van der Waals surface area contributed by atoms with Crippen LogP contribution in [0.25, 0.3) is 10.6 Å². The number of hydrogen-bond acceptors (Lipinski definition) is 7. The summed E-state index contributed by atoms with van der Waals surface area (Å²) in [6, 6.07) is 5.65. The van der Waals surface area contributed by atoms with Crippen LogP contribution >= 0.6 is 22.7 Å². The number of aromatic nitrogens is 2. The fourth-order valence-electron chi connectivity index (χ4n) is 1.59. The second kappa shape index (κ2) is 5.56. The van der Waals surface area contributed by atoms with Gasteiger partial charge in [-0.2, -0.15) is 0 Å². The molecule has 3 heterocycles. The van der Waals surface area contributed by atoms with Crippen molar-refractivity contribution in [1.29, 1.82) is 0 Å². The molecule has 0 atom stereocenters. The summed E-state index contributed by atoms with van der Waals surface area (Å²) >= 11 is 2.98. The van der Waals surface area contributed by atoms with Crippen LogP contribution < -0.4 is 0 Å². The molecule has 0 saturated carbocycles. The number of carbonyl (C=O) groups is 1. The number of nitrogens with zero attached hydrogens (tertiary/aromatic N) is 2. The molecule has 0 saturated heterocycles. The summed E-state index contributed by atoms with van der Waals surface area (Å²) in [6.07, 6.45) is 0. The Hall–Kier alpha value is -1.99. The molecule has 102 valence electrons. The Balaban J connectivity index is 1.63. The van der Waals surface area contributed by atoms with Crippen LogP contribution in [0, 0.1) is 6.92 Å². The van der Waals surface area contributed by atoms with E-state index >= 15 is 0 Å². The van der Waals surface area contributed by atoms with Gasteiger partial charge in [-0.25, -0.2) is 9.78 Å². The number of rotatable bonds is 4. The molecule has 3 aromatic rings. The number of thiazole rings is 1. The highest BCUT2D eigenvalue weighted by Gasteiger charge is 2.13. The summed E-state index contributed by atoms with van der Waals surface area (Å²) in [5.41, 5.74) is 0.906. The monoisotopic (exact) mass is 306 g/mol. The van der Waals surface area contributed by atoms with Crippen molar-refractivity contribution in [1.82, 2.24) is 10.1 Å². The Kier molecular flexibility index (Phi) is 3.62. The number of ether oxygens (including phenoxy) is 1. The summed E-state index contributed by atoms with van der Waals surface area (Å²) in [4.78, 5) is 16.8. The smallest absolute Gasteiger partial charge is 0.358 e. The van der Waals surface area contributed by atoms with Crippen LogP contribution in [0.4, 0.5) is 0 Å². The Labute approximate surface area is 122 Å².